The number of nitrogens with one attached hydrogen (secondary N) is 1. The van der Waals surface area contributed by atoms with Crippen LogP contribution >= 0.6 is 23.2 Å². The summed E-state index contributed by atoms with van der Waals surface area (Å²) < 4.78 is 4.51. The summed E-state index contributed by atoms with van der Waals surface area (Å²) in [5, 5.41) is 17.9. The minimum atomic E-state index is -0.823. The number of esters is 1. The molecule has 0 amide bonds. The predicted octanol–water partition coefficient (Wildman–Crippen LogP) is 3.37. The number of carbonyl (C=O) groups is 1. The van der Waals surface area contributed by atoms with Crippen LogP contribution in [-0.2, 0) is 9.53 Å². The fourth-order valence-corrected chi connectivity index (χ4v) is 1.98. The second-order valence-electron chi connectivity index (χ2n) is 3.42. The molecule has 0 saturated carbocycles. The maximum Gasteiger partial charge on any atom is 0.343 e. The molecular formula is C12H11Cl2NO3. The third-order valence-corrected chi connectivity index (χ3v) is 2.84. The van der Waals surface area contributed by atoms with E-state index in [1.54, 1.807) is 18.2 Å². The number of aliphatic hydroxyl groups excluding tert-OH is 1. The van der Waals surface area contributed by atoms with Crippen molar-refractivity contribution in [2.75, 3.05) is 7.11 Å². The molecule has 1 rings (SSSR count). The minimum absolute atomic E-state index is 0.176. The minimum Gasteiger partial charge on any atom is -0.512 e. The van der Waals surface area contributed by atoms with Crippen LogP contribution in [0.25, 0.3) is 0 Å². The molecule has 0 fully saturated rings. The lowest BCUT2D eigenvalue weighted by molar-refractivity contribution is -0.135. The molecule has 96 valence electrons. The largest absolute Gasteiger partial charge is 0.512 e. The van der Waals surface area contributed by atoms with Gasteiger partial charge in [0.2, 0.25) is 0 Å². The number of allylic oxidation sites excluding steroid dienone is 1. The van der Waals surface area contributed by atoms with E-state index in [9.17, 15) is 9.90 Å². The zero-order valence-electron chi connectivity index (χ0n) is 9.75. The van der Waals surface area contributed by atoms with Gasteiger partial charge in [0.25, 0.3) is 0 Å². The van der Waals surface area contributed by atoms with E-state index in [2.05, 4.69) is 4.74 Å². The van der Waals surface area contributed by atoms with Crippen molar-refractivity contribution in [3.63, 3.8) is 0 Å². The molecule has 0 aromatic heterocycles. The number of halogens is 2. The summed E-state index contributed by atoms with van der Waals surface area (Å²) in [6.07, 6.45) is 0. The van der Waals surface area contributed by atoms with Crippen LogP contribution in [0.1, 0.15) is 12.5 Å². The number of aliphatic hydroxyl groups is 1. The van der Waals surface area contributed by atoms with Gasteiger partial charge in [0.15, 0.2) is 0 Å². The van der Waals surface area contributed by atoms with Gasteiger partial charge in [-0.3, -0.25) is 5.41 Å². The lowest BCUT2D eigenvalue weighted by Crippen LogP contribution is -2.17. The summed E-state index contributed by atoms with van der Waals surface area (Å²) in [7, 11) is 1.16. The van der Waals surface area contributed by atoms with E-state index in [0.29, 0.717) is 0 Å². The van der Waals surface area contributed by atoms with Crippen molar-refractivity contribution in [3.8, 4) is 0 Å². The van der Waals surface area contributed by atoms with Crippen LogP contribution in [0.5, 0.6) is 0 Å². The second-order valence-corrected chi connectivity index (χ2v) is 4.24. The van der Waals surface area contributed by atoms with Crippen molar-refractivity contribution in [2.45, 2.75) is 6.92 Å². The first-order valence-corrected chi connectivity index (χ1v) is 5.67. The Balaban J connectivity index is 3.38. The van der Waals surface area contributed by atoms with Crippen LogP contribution in [0.15, 0.2) is 29.5 Å². The molecule has 0 heterocycles. The predicted molar refractivity (Wildman–Crippen MR) is 70.6 cm³/mol. The Bertz CT molecular complexity index is 514. The maximum absolute atomic E-state index is 11.5. The highest BCUT2D eigenvalue weighted by molar-refractivity contribution is 6.43. The summed E-state index contributed by atoms with van der Waals surface area (Å²) in [5.74, 6) is -1.15. The van der Waals surface area contributed by atoms with Gasteiger partial charge < -0.3 is 9.84 Å². The number of hydrogen-bond acceptors (Lipinski definition) is 4. The molecule has 0 saturated heterocycles. The average molecular weight is 288 g/mol. The SMILES string of the molecule is COC(=O)C(C(=N)c1c(Cl)cccc1Cl)=C(C)O. The number of carbonyl (C=O) groups excluding carboxylic acids is 1. The molecule has 0 spiro atoms. The molecule has 0 aliphatic rings. The summed E-state index contributed by atoms with van der Waals surface area (Å²) in [5.41, 5.74) is -0.375. The van der Waals surface area contributed by atoms with Gasteiger partial charge in [0.05, 0.1) is 22.9 Å². The molecule has 1 aromatic rings. The summed E-state index contributed by atoms with van der Waals surface area (Å²) >= 11 is 11.9. The second kappa shape index (κ2) is 5.89. The lowest BCUT2D eigenvalue weighted by Gasteiger charge is -2.11. The van der Waals surface area contributed by atoms with Gasteiger partial charge in [0.1, 0.15) is 11.3 Å². The molecule has 18 heavy (non-hydrogen) atoms. The zero-order chi connectivity index (χ0) is 13.9. The molecule has 6 heteroatoms. The van der Waals surface area contributed by atoms with Crippen molar-refractivity contribution < 1.29 is 14.6 Å². The maximum atomic E-state index is 11.5. The number of benzene rings is 1. The molecule has 0 atom stereocenters. The fourth-order valence-electron chi connectivity index (χ4n) is 1.39. The molecule has 2 N–H and O–H groups in total. The Kier molecular flexibility index (Phi) is 4.76. The van der Waals surface area contributed by atoms with E-state index >= 15 is 0 Å². The Morgan fingerprint density at radius 1 is 1.33 bits per heavy atom. The summed E-state index contributed by atoms with van der Waals surface area (Å²) in [6, 6.07) is 4.70. The van der Waals surface area contributed by atoms with Gasteiger partial charge in [-0.05, 0) is 19.1 Å². The number of hydrogen-bond donors (Lipinski definition) is 2. The number of methoxy groups -OCH3 is 1. The van der Waals surface area contributed by atoms with E-state index in [0.717, 1.165) is 7.11 Å². The molecule has 1 aromatic carbocycles. The van der Waals surface area contributed by atoms with Crippen LogP contribution in [0.3, 0.4) is 0 Å². The Labute approximate surface area is 114 Å². The van der Waals surface area contributed by atoms with Gasteiger partial charge in [0, 0.05) is 5.56 Å². The molecular weight excluding hydrogens is 277 g/mol. The van der Waals surface area contributed by atoms with E-state index in [-0.39, 0.29) is 32.7 Å². The highest BCUT2D eigenvalue weighted by atomic mass is 35.5. The normalized spacial score (nSPS) is 11.8. The standard InChI is InChI=1S/C12H11Cl2NO3/c1-6(16)9(12(17)18-2)11(15)10-7(13)4-3-5-8(10)14/h3-5,15-16H,1-2H3. The van der Waals surface area contributed by atoms with Crippen molar-refractivity contribution in [2.24, 2.45) is 0 Å². The Morgan fingerprint density at radius 2 is 1.83 bits per heavy atom. The van der Waals surface area contributed by atoms with Gasteiger partial charge in [-0.25, -0.2) is 4.79 Å². The van der Waals surface area contributed by atoms with Gasteiger partial charge >= 0.3 is 5.97 Å². The van der Waals surface area contributed by atoms with Crippen LogP contribution in [0.2, 0.25) is 10.0 Å². The Hall–Kier alpha value is -1.52. The van der Waals surface area contributed by atoms with E-state index in [1.807, 2.05) is 0 Å². The fraction of sp³-hybridized carbons (Fsp3) is 0.167. The molecule has 0 aliphatic carbocycles. The van der Waals surface area contributed by atoms with Crippen LogP contribution in [0, 0.1) is 5.41 Å². The van der Waals surface area contributed by atoms with Crippen LogP contribution in [-0.4, -0.2) is 23.9 Å². The van der Waals surface area contributed by atoms with Crippen molar-refractivity contribution in [1.29, 1.82) is 5.41 Å². The van der Waals surface area contributed by atoms with Gasteiger partial charge in [-0.2, -0.15) is 0 Å². The third kappa shape index (κ3) is 2.83. The van der Waals surface area contributed by atoms with Crippen molar-refractivity contribution in [3.05, 3.63) is 45.1 Å². The van der Waals surface area contributed by atoms with Gasteiger partial charge in [-0.15, -0.1) is 0 Å². The number of rotatable bonds is 3. The molecule has 0 aliphatic heterocycles. The first-order chi connectivity index (χ1) is 8.40. The summed E-state index contributed by atoms with van der Waals surface area (Å²) in [4.78, 5) is 11.5. The van der Waals surface area contributed by atoms with E-state index in [4.69, 9.17) is 28.6 Å². The monoisotopic (exact) mass is 287 g/mol. The zero-order valence-corrected chi connectivity index (χ0v) is 11.3. The molecule has 4 nitrogen and oxygen atoms in total. The molecule has 0 radical (unpaired) electrons. The van der Waals surface area contributed by atoms with Crippen molar-refractivity contribution >= 4 is 34.9 Å². The molecule has 0 unspecified atom stereocenters. The number of ether oxygens (including phenoxy) is 1. The van der Waals surface area contributed by atoms with Crippen LogP contribution < -0.4 is 0 Å². The highest BCUT2D eigenvalue weighted by Gasteiger charge is 2.23. The average Bonchev–Trinajstić information content (AvgIpc) is 2.28. The van der Waals surface area contributed by atoms with Gasteiger partial charge in [-0.1, -0.05) is 29.3 Å². The van der Waals surface area contributed by atoms with E-state index in [1.165, 1.54) is 6.92 Å². The topological polar surface area (TPSA) is 70.4 Å². The third-order valence-electron chi connectivity index (χ3n) is 2.21. The van der Waals surface area contributed by atoms with Crippen LogP contribution in [0.4, 0.5) is 0 Å². The lowest BCUT2D eigenvalue weighted by atomic mass is 10.0. The molecule has 0 bridgehead atoms. The first kappa shape index (κ1) is 14.5. The van der Waals surface area contributed by atoms with E-state index < -0.39 is 5.97 Å². The quantitative estimate of drug-likeness (QED) is 0.388. The smallest absolute Gasteiger partial charge is 0.343 e. The highest BCUT2D eigenvalue weighted by Crippen LogP contribution is 2.27. The van der Waals surface area contributed by atoms with Crippen molar-refractivity contribution in [1.82, 2.24) is 0 Å². The summed E-state index contributed by atoms with van der Waals surface area (Å²) in [6.45, 7) is 1.28. The first-order valence-electron chi connectivity index (χ1n) is 4.91. The Morgan fingerprint density at radius 3 is 2.22 bits per heavy atom.